The molecule has 1 N–H and O–H groups in total. The molecule has 4 rings (SSSR count). The summed E-state index contributed by atoms with van der Waals surface area (Å²) < 4.78 is 8.27. The van der Waals surface area contributed by atoms with Crippen molar-refractivity contribution in [2.45, 2.75) is 45.4 Å². The fourth-order valence-electron chi connectivity index (χ4n) is 3.89. The Morgan fingerprint density at radius 2 is 1.97 bits per heavy atom. The number of amides is 1. The molecule has 1 saturated heterocycles. The molecule has 31 heavy (non-hydrogen) atoms. The Bertz CT molecular complexity index is 1170. The second kappa shape index (κ2) is 8.63. The predicted molar refractivity (Wildman–Crippen MR) is 112 cm³/mol. The molecule has 1 aliphatic heterocycles. The number of fused-ring (bicyclic) bond motifs is 1. The standard InChI is InChI=1S/C22H24N4O5/c1-15-7-5-6-10-25(15)17(27)13-24-11-12-26-20(28)19(18(21(29)30)23-22(24)26)31-14-16-8-3-2-4-9-16/h2-4,8-9,11-12,15H,5-7,10,13-14H2,1H3,(H,29,30). The molecule has 1 atom stereocenters. The number of aromatic nitrogens is 3. The van der Waals surface area contributed by atoms with Gasteiger partial charge in [0.2, 0.25) is 17.4 Å². The molecule has 2 aromatic heterocycles. The summed E-state index contributed by atoms with van der Waals surface area (Å²) in [4.78, 5) is 43.5. The van der Waals surface area contributed by atoms with Gasteiger partial charge in [0, 0.05) is 25.0 Å². The van der Waals surface area contributed by atoms with E-state index in [0.717, 1.165) is 24.8 Å². The first-order valence-corrected chi connectivity index (χ1v) is 10.3. The van der Waals surface area contributed by atoms with Crippen LogP contribution in [-0.4, -0.2) is 48.4 Å². The number of piperidine rings is 1. The van der Waals surface area contributed by atoms with Crippen LogP contribution in [0.3, 0.4) is 0 Å². The Morgan fingerprint density at radius 1 is 1.19 bits per heavy atom. The summed E-state index contributed by atoms with van der Waals surface area (Å²) in [5.41, 5.74) is -0.308. The molecule has 3 aromatic rings. The van der Waals surface area contributed by atoms with E-state index in [9.17, 15) is 19.5 Å². The van der Waals surface area contributed by atoms with Gasteiger partial charge in [0.05, 0.1) is 0 Å². The number of benzene rings is 1. The Hall–Kier alpha value is -3.62. The van der Waals surface area contributed by atoms with E-state index in [2.05, 4.69) is 4.98 Å². The van der Waals surface area contributed by atoms with Gasteiger partial charge in [-0.15, -0.1) is 0 Å². The molecule has 9 heteroatoms. The maximum Gasteiger partial charge on any atom is 0.358 e. The third kappa shape index (κ3) is 4.16. The fraction of sp³-hybridized carbons (Fsp3) is 0.364. The van der Waals surface area contributed by atoms with Crippen molar-refractivity contribution in [1.29, 1.82) is 0 Å². The van der Waals surface area contributed by atoms with E-state index in [-0.39, 0.29) is 36.6 Å². The average molecular weight is 424 g/mol. The molecule has 1 unspecified atom stereocenters. The minimum Gasteiger partial charge on any atom is -0.481 e. The lowest BCUT2D eigenvalue weighted by atomic mass is 10.0. The van der Waals surface area contributed by atoms with E-state index in [1.807, 2.05) is 42.2 Å². The van der Waals surface area contributed by atoms with Crippen molar-refractivity contribution < 1.29 is 19.4 Å². The number of aromatic carboxylic acids is 1. The summed E-state index contributed by atoms with van der Waals surface area (Å²) in [6.07, 6.45) is 6.05. The normalized spacial score (nSPS) is 16.4. The van der Waals surface area contributed by atoms with Gasteiger partial charge in [-0.25, -0.2) is 14.2 Å². The van der Waals surface area contributed by atoms with Gasteiger partial charge in [0.25, 0.3) is 0 Å². The van der Waals surface area contributed by atoms with Crippen LogP contribution in [0.5, 0.6) is 5.75 Å². The van der Waals surface area contributed by atoms with E-state index in [1.165, 1.54) is 15.2 Å². The second-order valence-electron chi connectivity index (χ2n) is 7.70. The zero-order chi connectivity index (χ0) is 22.0. The highest BCUT2D eigenvalue weighted by atomic mass is 16.5. The van der Waals surface area contributed by atoms with Crippen LogP contribution >= 0.6 is 0 Å². The summed E-state index contributed by atoms with van der Waals surface area (Å²) in [6, 6.07) is 9.29. The number of carbonyl (C=O) groups excluding carboxylic acids is 1. The summed E-state index contributed by atoms with van der Waals surface area (Å²) >= 11 is 0. The van der Waals surface area contributed by atoms with Crippen LogP contribution in [0.4, 0.5) is 0 Å². The van der Waals surface area contributed by atoms with Crippen LogP contribution in [0.15, 0.2) is 47.5 Å². The molecular formula is C22H24N4O5. The Balaban J connectivity index is 1.65. The van der Waals surface area contributed by atoms with Crippen LogP contribution in [0, 0.1) is 0 Å². The Kier molecular flexibility index (Phi) is 5.75. The third-order valence-corrected chi connectivity index (χ3v) is 5.57. The van der Waals surface area contributed by atoms with Crippen LogP contribution in [0.25, 0.3) is 5.78 Å². The smallest absolute Gasteiger partial charge is 0.358 e. The predicted octanol–water partition coefficient (Wildman–Crippen LogP) is 2.17. The number of hydrogen-bond donors (Lipinski definition) is 1. The number of likely N-dealkylation sites (tertiary alicyclic amines) is 1. The van der Waals surface area contributed by atoms with Gasteiger partial charge in [0.1, 0.15) is 13.2 Å². The number of nitrogens with zero attached hydrogens (tertiary/aromatic N) is 4. The van der Waals surface area contributed by atoms with Crippen molar-refractivity contribution in [2.24, 2.45) is 0 Å². The van der Waals surface area contributed by atoms with Crippen LogP contribution in [0.1, 0.15) is 42.2 Å². The van der Waals surface area contributed by atoms with E-state index in [0.29, 0.717) is 6.54 Å². The van der Waals surface area contributed by atoms with Crippen LogP contribution in [-0.2, 0) is 17.9 Å². The molecule has 1 amide bonds. The van der Waals surface area contributed by atoms with E-state index >= 15 is 0 Å². The van der Waals surface area contributed by atoms with Gasteiger partial charge in [-0.2, -0.15) is 0 Å². The van der Waals surface area contributed by atoms with Crippen LogP contribution < -0.4 is 10.3 Å². The highest BCUT2D eigenvalue weighted by molar-refractivity contribution is 5.89. The first-order valence-electron chi connectivity index (χ1n) is 10.3. The maximum atomic E-state index is 13.0. The van der Waals surface area contributed by atoms with Crippen molar-refractivity contribution >= 4 is 17.7 Å². The van der Waals surface area contributed by atoms with Gasteiger partial charge >= 0.3 is 11.5 Å². The van der Waals surface area contributed by atoms with Gasteiger partial charge in [0.15, 0.2) is 5.69 Å². The molecule has 162 valence electrons. The maximum absolute atomic E-state index is 13.0. The lowest BCUT2D eigenvalue weighted by molar-refractivity contribution is -0.135. The summed E-state index contributed by atoms with van der Waals surface area (Å²) in [6.45, 7) is 2.74. The largest absolute Gasteiger partial charge is 0.481 e. The summed E-state index contributed by atoms with van der Waals surface area (Å²) in [5.74, 6) is -1.69. The summed E-state index contributed by atoms with van der Waals surface area (Å²) in [5, 5.41) is 9.62. The molecule has 1 aromatic carbocycles. The topological polar surface area (TPSA) is 106 Å². The molecule has 0 aliphatic carbocycles. The van der Waals surface area contributed by atoms with Crippen molar-refractivity contribution in [3.05, 3.63) is 64.3 Å². The second-order valence-corrected chi connectivity index (χ2v) is 7.70. The molecule has 0 spiro atoms. The molecule has 9 nitrogen and oxygen atoms in total. The number of imidazole rings is 1. The highest BCUT2D eigenvalue weighted by Gasteiger charge is 2.25. The van der Waals surface area contributed by atoms with Crippen molar-refractivity contribution in [3.63, 3.8) is 0 Å². The minimum absolute atomic E-state index is 0.0173. The van der Waals surface area contributed by atoms with Crippen molar-refractivity contribution in [3.8, 4) is 5.75 Å². The van der Waals surface area contributed by atoms with Gasteiger partial charge < -0.3 is 19.3 Å². The molecule has 0 saturated carbocycles. The fourth-order valence-corrected chi connectivity index (χ4v) is 3.89. The number of carboxylic acid groups (broad SMARTS) is 1. The Labute approximate surface area is 178 Å². The highest BCUT2D eigenvalue weighted by Crippen LogP contribution is 2.18. The molecule has 0 bridgehead atoms. The van der Waals surface area contributed by atoms with E-state index in [4.69, 9.17) is 4.74 Å². The first kappa shape index (κ1) is 20.6. The number of carbonyl (C=O) groups is 2. The first-order chi connectivity index (χ1) is 15.0. The van der Waals surface area contributed by atoms with Crippen molar-refractivity contribution in [1.82, 2.24) is 18.9 Å². The summed E-state index contributed by atoms with van der Waals surface area (Å²) in [7, 11) is 0. The number of ether oxygens (including phenoxy) is 1. The van der Waals surface area contributed by atoms with Gasteiger partial charge in [-0.05, 0) is 31.7 Å². The molecule has 1 fully saturated rings. The molecule has 1 aliphatic rings. The third-order valence-electron chi connectivity index (χ3n) is 5.57. The van der Waals surface area contributed by atoms with Crippen molar-refractivity contribution in [2.75, 3.05) is 6.54 Å². The lowest BCUT2D eigenvalue weighted by Crippen LogP contribution is -2.43. The number of rotatable bonds is 6. The van der Waals surface area contributed by atoms with E-state index < -0.39 is 17.2 Å². The number of carboxylic acids is 1. The molecule has 3 heterocycles. The van der Waals surface area contributed by atoms with Gasteiger partial charge in [-0.3, -0.25) is 9.59 Å². The lowest BCUT2D eigenvalue weighted by Gasteiger charge is -2.33. The zero-order valence-corrected chi connectivity index (χ0v) is 17.2. The van der Waals surface area contributed by atoms with Crippen LogP contribution in [0.2, 0.25) is 0 Å². The Morgan fingerprint density at radius 3 is 2.68 bits per heavy atom. The monoisotopic (exact) mass is 424 g/mol. The molecular weight excluding hydrogens is 400 g/mol. The molecule has 0 radical (unpaired) electrons. The van der Waals surface area contributed by atoms with E-state index in [1.54, 1.807) is 6.20 Å². The average Bonchev–Trinajstić information content (AvgIpc) is 3.16. The SMILES string of the molecule is CC1CCCCN1C(=O)Cn1ccn2c(=O)c(OCc3ccccc3)c(C(=O)O)nc12. The minimum atomic E-state index is -1.37. The van der Waals surface area contributed by atoms with Gasteiger partial charge in [-0.1, -0.05) is 30.3 Å². The number of hydrogen-bond acceptors (Lipinski definition) is 5. The zero-order valence-electron chi connectivity index (χ0n) is 17.2. The quantitative estimate of drug-likeness (QED) is 0.650.